The number of guanidine groups is 1. The lowest BCUT2D eigenvalue weighted by molar-refractivity contribution is 0.187. The van der Waals surface area contributed by atoms with E-state index >= 15 is 0 Å². The zero-order valence-corrected chi connectivity index (χ0v) is 17.0. The van der Waals surface area contributed by atoms with E-state index in [1.54, 1.807) is 0 Å². The van der Waals surface area contributed by atoms with Gasteiger partial charge in [-0.1, -0.05) is 30.3 Å². The van der Waals surface area contributed by atoms with Gasteiger partial charge in [0.25, 0.3) is 0 Å². The summed E-state index contributed by atoms with van der Waals surface area (Å²) >= 11 is 0. The van der Waals surface area contributed by atoms with Gasteiger partial charge in [-0.15, -0.1) is 0 Å². The van der Waals surface area contributed by atoms with Crippen molar-refractivity contribution < 1.29 is 9.53 Å². The van der Waals surface area contributed by atoms with Crippen molar-refractivity contribution in [2.75, 3.05) is 37.0 Å². The van der Waals surface area contributed by atoms with Crippen LogP contribution in [0.5, 0.6) is 0 Å². The van der Waals surface area contributed by atoms with Crippen LogP contribution in [0.1, 0.15) is 18.9 Å². The molecule has 3 N–H and O–H groups in total. The second-order valence-corrected chi connectivity index (χ2v) is 6.92. The highest BCUT2D eigenvalue weighted by Gasteiger charge is 2.23. The molecule has 0 radical (unpaired) electrons. The van der Waals surface area contributed by atoms with Gasteiger partial charge >= 0.3 is 6.09 Å². The number of carbonyl (C=O) groups excluding carboxylic acids is 1. The molecule has 0 spiro atoms. The zero-order valence-electron chi connectivity index (χ0n) is 17.0. The first-order valence-electron chi connectivity index (χ1n) is 9.96. The quantitative estimate of drug-likeness (QED) is 0.517. The molecule has 7 heteroatoms. The third-order valence-electron chi connectivity index (χ3n) is 4.80. The van der Waals surface area contributed by atoms with Gasteiger partial charge in [-0.2, -0.15) is 0 Å². The van der Waals surface area contributed by atoms with E-state index in [4.69, 9.17) is 4.99 Å². The van der Waals surface area contributed by atoms with Gasteiger partial charge in [-0.25, -0.2) is 9.79 Å². The maximum absolute atomic E-state index is 11.3. The van der Waals surface area contributed by atoms with Gasteiger partial charge in [0.05, 0.1) is 13.7 Å². The summed E-state index contributed by atoms with van der Waals surface area (Å²) in [5, 5.41) is 9.53. The van der Waals surface area contributed by atoms with Crippen molar-refractivity contribution in [3.05, 3.63) is 60.2 Å². The summed E-state index contributed by atoms with van der Waals surface area (Å²) in [6.07, 6.45) is 0.600. The molecule has 1 amide bonds. The number of nitrogens with zero attached hydrogens (tertiary/aromatic N) is 2. The van der Waals surface area contributed by atoms with Crippen LogP contribution in [0.2, 0.25) is 0 Å². The van der Waals surface area contributed by atoms with Crippen LogP contribution in [-0.4, -0.2) is 44.8 Å². The van der Waals surface area contributed by atoms with E-state index in [-0.39, 0.29) is 0 Å². The van der Waals surface area contributed by atoms with E-state index < -0.39 is 6.09 Å². The second kappa shape index (κ2) is 10.4. The van der Waals surface area contributed by atoms with Crippen molar-refractivity contribution >= 4 is 23.4 Å². The van der Waals surface area contributed by atoms with Crippen LogP contribution < -0.4 is 20.9 Å². The number of nitrogens with one attached hydrogen (secondary N) is 3. The molecule has 7 nitrogen and oxygen atoms in total. The lowest BCUT2D eigenvalue weighted by Crippen LogP contribution is -2.44. The molecule has 0 saturated carbocycles. The Balaban J connectivity index is 1.55. The molecule has 0 aliphatic carbocycles. The number of methoxy groups -OCH3 is 1. The normalized spacial score (nSPS) is 16.4. The fraction of sp³-hybridized carbons (Fsp3) is 0.364. The summed E-state index contributed by atoms with van der Waals surface area (Å²) in [7, 11) is 1.34. The van der Waals surface area contributed by atoms with Gasteiger partial charge in [0.2, 0.25) is 0 Å². The number of para-hydroxylation sites is 1. The average molecular weight is 396 g/mol. The van der Waals surface area contributed by atoms with E-state index in [9.17, 15) is 4.79 Å². The highest BCUT2D eigenvalue weighted by atomic mass is 16.5. The molecule has 1 aliphatic rings. The fourth-order valence-electron chi connectivity index (χ4n) is 3.30. The minimum atomic E-state index is -0.476. The van der Waals surface area contributed by atoms with E-state index in [0.717, 1.165) is 37.6 Å². The van der Waals surface area contributed by atoms with Crippen molar-refractivity contribution in [3.8, 4) is 0 Å². The van der Waals surface area contributed by atoms with E-state index in [0.29, 0.717) is 18.3 Å². The summed E-state index contributed by atoms with van der Waals surface area (Å²) in [4.78, 5) is 18.4. The molecule has 154 valence electrons. The molecule has 2 aromatic rings. The van der Waals surface area contributed by atoms with Crippen LogP contribution in [0, 0.1) is 0 Å². The second-order valence-electron chi connectivity index (χ2n) is 6.92. The number of hydrogen-bond donors (Lipinski definition) is 3. The van der Waals surface area contributed by atoms with Gasteiger partial charge in [0.1, 0.15) is 0 Å². The Morgan fingerprint density at radius 2 is 1.93 bits per heavy atom. The third kappa shape index (κ3) is 6.14. The molecule has 1 unspecified atom stereocenters. The Bertz CT molecular complexity index is 808. The predicted octanol–water partition coefficient (Wildman–Crippen LogP) is 3.20. The van der Waals surface area contributed by atoms with Crippen LogP contribution >= 0.6 is 0 Å². The Kier molecular flexibility index (Phi) is 7.33. The van der Waals surface area contributed by atoms with Gasteiger partial charge < -0.3 is 20.3 Å². The number of amides is 1. The summed E-state index contributed by atoms with van der Waals surface area (Å²) < 4.78 is 4.60. The van der Waals surface area contributed by atoms with Crippen molar-refractivity contribution in [1.29, 1.82) is 0 Å². The Labute approximate surface area is 172 Å². The highest BCUT2D eigenvalue weighted by molar-refractivity contribution is 5.84. The lowest BCUT2D eigenvalue weighted by Gasteiger charge is -2.20. The smallest absolute Gasteiger partial charge is 0.411 e. The van der Waals surface area contributed by atoms with Crippen molar-refractivity contribution in [2.24, 2.45) is 4.99 Å². The van der Waals surface area contributed by atoms with Gasteiger partial charge in [-0.3, -0.25) is 5.32 Å². The molecule has 3 rings (SSSR count). The number of rotatable bonds is 6. The molecule has 1 fully saturated rings. The molecule has 1 saturated heterocycles. The summed E-state index contributed by atoms with van der Waals surface area (Å²) in [5.41, 5.74) is 3.02. The molecule has 29 heavy (non-hydrogen) atoms. The van der Waals surface area contributed by atoms with Crippen LogP contribution in [-0.2, 0) is 11.3 Å². The van der Waals surface area contributed by atoms with Crippen LogP contribution in [0.4, 0.5) is 16.2 Å². The molecule has 2 aromatic carbocycles. The Morgan fingerprint density at radius 3 is 2.62 bits per heavy atom. The maximum atomic E-state index is 11.3. The lowest BCUT2D eigenvalue weighted by atomic mass is 10.2. The molecule has 0 aromatic heterocycles. The van der Waals surface area contributed by atoms with Crippen molar-refractivity contribution in [3.63, 3.8) is 0 Å². The number of anilines is 2. The van der Waals surface area contributed by atoms with Gasteiger partial charge in [0.15, 0.2) is 5.96 Å². The minimum absolute atomic E-state index is 0.361. The average Bonchev–Trinajstić information content (AvgIpc) is 3.22. The van der Waals surface area contributed by atoms with Crippen molar-refractivity contribution in [1.82, 2.24) is 10.6 Å². The first-order chi connectivity index (χ1) is 14.2. The number of hydrogen-bond acceptors (Lipinski definition) is 4. The first-order valence-corrected chi connectivity index (χ1v) is 9.96. The molecule has 1 aliphatic heterocycles. The highest BCUT2D eigenvalue weighted by Crippen LogP contribution is 2.19. The number of aliphatic imine (C=N–C) groups is 1. The minimum Gasteiger partial charge on any atom is -0.453 e. The summed E-state index contributed by atoms with van der Waals surface area (Å²) in [5.74, 6) is 0.823. The monoisotopic (exact) mass is 395 g/mol. The maximum Gasteiger partial charge on any atom is 0.411 e. The standard InChI is InChI=1S/C22H29N5O2/c1-3-23-21(24-15-17-9-11-18(12-10-17)26-22(28)29-2)25-19-13-14-27(16-19)20-7-5-4-6-8-20/h4-12,19H,3,13-16H2,1-2H3,(H,26,28)(H2,23,24,25). The van der Waals surface area contributed by atoms with Crippen molar-refractivity contribution in [2.45, 2.75) is 25.9 Å². The fourth-order valence-corrected chi connectivity index (χ4v) is 3.30. The molecule has 0 bridgehead atoms. The predicted molar refractivity (Wildman–Crippen MR) is 117 cm³/mol. The molecular formula is C22H29N5O2. The number of ether oxygens (including phenoxy) is 1. The SMILES string of the molecule is CCNC(=NCc1ccc(NC(=O)OC)cc1)NC1CCN(c2ccccc2)C1. The zero-order chi connectivity index (χ0) is 20.5. The third-order valence-corrected chi connectivity index (χ3v) is 4.80. The van der Waals surface area contributed by atoms with Crippen LogP contribution in [0.3, 0.4) is 0 Å². The summed E-state index contributed by atoms with van der Waals surface area (Å²) in [6, 6.07) is 18.5. The summed E-state index contributed by atoms with van der Waals surface area (Å²) in [6.45, 7) is 5.43. The van der Waals surface area contributed by atoms with E-state index in [1.165, 1.54) is 12.8 Å². The Hall–Kier alpha value is -3.22. The number of carbonyl (C=O) groups is 1. The molecule has 1 atom stereocenters. The van der Waals surface area contributed by atoms with E-state index in [1.807, 2.05) is 30.3 Å². The molecule has 1 heterocycles. The topological polar surface area (TPSA) is 78.0 Å². The largest absolute Gasteiger partial charge is 0.453 e. The number of benzene rings is 2. The van der Waals surface area contributed by atoms with Crippen LogP contribution in [0.25, 0.3) is 0 Å². The van der Waals surface area contributed by atoms with Gasteiger partial charge in [0, 0.05) is 37.1 Å². The van der Waals surface area contributed by atoms with Crippen LogP contribution in [0.15, 0.2) is 59.6 Å². The first kappa shape index (κ1) is 20.5. The Morgan fingerprint density at radius 1 is 1.17 bits per heavy atom. The van der Waals surface area contributed by atoms with E-state index in [2.05, 4.69) is 56.8 Å². The molecular weight excluding hydrogens is 366 g/mol. The van der Waals surface area contributed by atoms with Gasteiger partial charge in [-0.05, 0) is 43.2 Å².